The van der Waals surface area contributed by atoms with E-state index >= 15 is 0 Å². The molecule has 0 aromatic heterocycles. The standard InChI is InChI=1S/C14H21N5O4/c15-5-7-17-13(20)12(14(21)18-8-6-16)9-10-1-3-11(4-2-10)19(22)23/h1-4,12H,5-9,15-16H2,(H,17,20)(H,18,21). The molecule has 126 valence electrons. The number of nitrogens with zero attached hydrogens (tertiary/aromatic N) is 1. The fourth-order valence-corrected chi connectivity index (χ4v) is 1.93. The first kappa shape index (κ1) is 18.5. The normalized spacial score (nSPS) is 10.4. The Bertz CT molecular complexity index is 527. The fourth-order valence-electron chi connectivity index (χ4n) is 1.93. The van der Waals surface area contributed by atoms with Gasteiger partial charge >= 0.3 is 0 Å². The van der Waals surface area contributed by atoms with Gasteiger partial charge in [0.25, 0.3) is 5.69 Å². The molecule has 0 spiro atoms. The van der Waals surface area contributed by atoms with E-state index in [0.29, 0.717) is 5.56 Å². The van der Waals surface area contributed by atoms with Gasteiger partial charge in [0.2, 0.25) is 11.8 Å². The Labute approximate surface area is 133 Å². The van der Waals surface area contributed by atoms with Crippen LogP contribution < -0.4 is 22.1 Å². The van der Waals surface area contributed by atoms with E-state index in [2.05, 4.69) is 10.6 Å². The summed E-state index contributed by atoms with van der Waals surface area (Å²) in [5.74, 6) is -1.83. The number of rotatable bonds is 9. The SMILES string of the molecule is NCCNC(=O)C(Cc1ccc([N+](=O)[O-])cc1)C(=O)NCCN. The lowest BCUT2D eigenvalue weighted by molar-refractivity contribution is -0.384. The third-order valence-electron chi connectivity index (χ3n) is 3.11. The summed E-state index contributed by atoms with van der Waals surface area (Å²) in [5, 5.41) is 15.8. The first-order chi connectivity index (χ1) is 11.0. The summed E-state index contributed by atoms with van der Waals surface area (Å²) in [6.45, 7) is 1.06. The molecule has 2 amide bonds. The summed E-state index contributed by atoms with van der Waals surface area (Å²) >= 11 is 0. The minimum absolute atomic E-state index is 0.0505. The van der Waals surface area contributed by atoms with Crippen LogP contribution >= 0.6 is 0 Å². The molecule has 1 rings (SSSR count). The maximum atomic E-state index is 12.1. The molecule has 1 aromatic rings. The quantitative estimate of drug-likeness (QED) is 0.257. The number of nitro benzene ring substituents is 1. The Morgan fingerprint density at radius 3 is 1.91 bits per heavy atom. The van der Waals surface area contributed by atoms with Gasteiger partial charge in [-0.15, -0.1) is 0 Å². The van der Waals surface area contributed by atoms with E-state index in [-0.39, 0.29) is 38.3 Å². The van der Waals surface area contributed by atoms with E-state index in [0.717, 1.165) is 0 Å². The molecule has 23 heavy (non-hydrogen) atoms. The van der Waals surface area contributed by atoms with Crippen LogP contribution in [0.4, 0.5) is 5.69 Å². The average Bonchev–Trinajstić information content (AvgIpc) is 2.55. The van der Waals surface area contributed by atoms with Gasteiger partial charge < -0.3 is 22.1 Å². The zero-order valence-corrected chi connectivity index (χ0v) is 12.7. The first-order valence-corrected chi connectivity index (χ1v) is 7.18. The number of carbonyl (C=O) groups is 2. The number of nitro groups is 1. The molecular formula is C14H21N5O4. The summed E-state index contributed by atoms with van der Waals surface area (Å²) in [6.07, 6.45) is 0.130. The highest BCUT2D eigenvalue weighted by Gasteiger charge is 2.26. The van der Waals surface area contributed by atoms with Crippen LogP contribution in [0, 0.1) is 16.0 Å². The fraction of sp³-hybridized carbons (Fsp3) is 0.429. The van der Waals surface area contributed by atoms with Crippen molar-refractivity contribution in [1.82, 2.24) is 10.6 Å². The van der Waals surface area contributed by atoms with Gasteiger partial charge in [0, 0.05) is 38.3 Å². The van der Waals surface area contributed by atoms with Gasteiger partial charge in [-0.3, -0.25) is 19.7 Å². The van der Waals surface area contributed by atoms with Crippen molar-refractivity contribution in [2.45, 2.75) is 6.42 Å². The summed E-state index contributed by atoms with van der Waals surface area (Å²) in [6, 6.07) is 5.72. The number of carbonyl (C=O) groups excluding carboxylic acids is 2. The number of nitrogens with one attached hydrogen (secondary N) is 2. The van der Waals surface area contributed by atoms with Crippen molar-refractivity contribution in [2.24, 2.45) is 17.4 Å². The number of non-ortho nitro benzene ring substituents is 1. The zero-order valence-electron chi connectivity index (χ0n) is 12.7. The highest BCUT2D eigenvalue weighted by atomic mass is 16.6. The van der Waals surface area contributed by atoms with Crippen LogP contribution in [0.15, 0.2) is 24.3 Å². The van der Waals surface area contributed by atoms with Gasteiger partial charge in [-0.1, -0.05) is 12.1 Å². The largest absolute Gasteiger partial charge is 0.354 e. The van der Waals surface area contributed by atoms with Crippen LogP contribution in [-0.2, 0) is 16.0 Å². The Morgan fingerprint density at radius 2 is 1.52 bits per heavy atom. The van der Waals surface area contributed by atoms with Crippen molar-refractivity contribution in [1.29, 1.82) is 0 Å². The van der Waals surface area contributed by atoms with Crippen molar-refractivity contribution >= 4 is 17.5 Å². The second kappa shape index (κ2) is 9.49. The Hall–Kier alpha value is -2.52. The molecule has 1 aromatic carbocycles. The van der Waals surface area contributed by atoms with Crippen LogP contribution in [0.5, 0.6) is 0 Å². The monoisotopic (exact) mass is 323 g/mol. The zero-order chi connectivity index (χ0) is 17.2. The molecule has 0 radical (unpaired) electrons. The first-order valence-electron chi connectivity index (χ1n) is 7.18. The highest BCUT2D eigenvalue weighted by molar-refractivity contribution is 6.00. The van der Waals surface area contributed by atoms with Crippen molar-refractivity contribution < 1.29 is 14.5 Å². The van der Waals surface area contributed by atoms with E-state index < -0.39 is 22.7 Å². The number of hydrogen-bond donors (Lipinski definition) is 4. The number of benzene rings is 1. The molecule has 0 saturated carbocycles. The predicted octanol–water partition coefficient (Wildman–Crippen LogP) is -1.10. The van der Waals surface area contributed by atoms with Crippen LogP contribution in [-0.4, -0.2) is 42.9 Å². The van der Waals surface area contributed by atoms with Gasteiger partial charge in [0.1, 0.15) is 5.92 Å². The molecule has 0 heterocycles. The van der Waals surface area contributed by atoms with Crippen LogP contribution in [0.2, 0.25) is 0 Å². The lowest BCUT2D eigenvalue weighted by Crippen LogP contribution is -2.44. The molecule has 0 aliphatic carbocycles. The van der Waals surface area contributed by atoms with Gasteiger partial charge in [-0.2, -0.15) is 0 Å². The van der Waals surface area contributed by atoms with Gasteiger partial charge in [0.15, 0.2) is 0 Å². The molecule has 9 nitrogen and oxygen atoms in total. The van der Waals surface area contributed by atoms with E-state index in [9.17, 15) is 19.7 Å². The summed E-state index contributed by atoms with van der Waals surface area (Å²) in [5.41, 5.74) is 11.3. The van der Waals surface area contributed by atoms with Crippen LogP contribution in [0.25, 0.3) is 0 Å². The molecule has 0 aliphatic heterocycles. The van der Waals surface area contributed by atoms with Gasteiger partial charge in [-0.05, 0) is 12.0 Å². The molecule has 0 saturated heterocycles. The van der Waals surface area contributed by atoms with E-state index in [1.165, 1.54) is 24.3 Å². The van der Waals surface area contributed by atoms with Crippen molar-refractivity contribution in [3.8, 4) is 0 Å². The second-order valence-electron chi connectivity index (χ2n) is 4.84. The molecule has 0 atom stereocenters. The summed E-state index contributed by atoms with van der Waals surface area (Å²) in [4.78, 5) is 34.4. The highest BCUT2D eigenvalue weighted by Crippen LogP contribution is 2.15. The second-order valence-corrected chi connectivity index (χ2v) is 4.84. The lowest BCUT2D eigenvalue weighted by atomic mass is 9.97. The molecule has 6 N–H and O–H groups in total. The third kappa shape index (κ3) is 6.01. The van der Waals surface area contributed by atoms with Gasteiger partial charge in [0.05, 0.1) is 4.92 Å². The minimum Gasteiger partial charge on any atom is -0.354 e. The third-order valence-corrected chi connectivity index (χ3v) is 3.11. The van der Waals surface area contributed by atoms with Crippen LogP contribution in [0.3, 0.4) is 0 Å². The number of nitrogens with two attached hydrogens (primary N) is 2. The van der Waals surface area contributed by atoms with Crippen molar-refractivity contribution in [2.75, 3.05) is 26.2 Å². The molecule has 0 fully saturated rings. The van der Waals surface area contributed by atoms with Crippen molar-refractivity contribution in [3.05, 3.63) is 39.9 Å². The number of hydrogen-bond acceptors (Lipinski definition) is 6. The maximum absolute atomic E-state index is 12.1. The Balaban J connectivity index is 2.83. The van der Waals surface area contributed by atoms with Gasteiger partial charge in [-0.25, -0.2) is 0 Å². The molecule has 0 bridgehead atoms. The Morgan fingerprint density at radius 1 is 1.04 bits per heavy atom. The molecular weight excluding hydrogens is 302 g/mol. The predicted molar refractivity (Wildman–Crippen MR) is 84.4 cm³/mol. The van der Waals surface area contributed by atoms with E-state index in [1.54, 1.807) is 0 Å². The van der Waals surface area contributed by atoms with Crippen molar-refractivity contribution in [3.63, 3.8) is 0 Å². The smallest absolute Gasteiger partial charge is 0.269 e. The van der Waals surface area contributed by atoms with E-state index in [1.807, 2.05) is 0 Å². The van der Waals surface area contributed by atoms with Crippen LogP contribution in [0.1, 0.15) is 5.56 Å². The topological polar surface area (TPSA) is 153 Å². The number of amides is 2. The maximum Gasteiger partial charge on any atom is 0.269 e. The lowest BCUT2D eigenvalue weighted by Gasteiger charge is -2.16. The summed E-state index contributed by atoms with van der Waals surface area (Å²) < 4.78 is 0. The average molecular weight is 323 g/mol. The minimum atomic E-state index is -0.949. The van der Waals surface area contributed by atoms with E-state index in [4.69, 9.17) is 11.5 Å². The molecule has 9 heteroatoms. The summed E-state index contributed by atoms with van der Waals surface area (Å²) in [7, 11) is 0. The molecule has 0 unspecified atom stereocenters. The molecule has 0 aliphatic rings. The Kier molecular flexibility index (Phi) is 7.64.